The predicted octanol–water partition coefficient (Wildman–Crippen LogP) is 5.01. The highest BCUT2D eigenvalue weighted by Gasteiger charge is 2.20. The SMILES string of the molecule is Cc1cc(C)c2c(Cn3c(=O)n(-c4cccc([C@@H](C)C(=O)O)c4)c4cc(C#N)ccc43)cn(C)c2c1. The number of carboxylic acid groups (broad SMARTS) is 1. The number of aromatic nitrogens is 3. The van der Waals surface area contributed by atoms with Crippen LogP contribution in [0.1, 0.15) is 40.7 Å². The molecule has 0 aliphatic heterocycles. The van der Waals surface area contributed by atoms with Gasteiger partial charge in [-0.25, -0.2) is 4.79 Å². The van der Waals surface area contributed by atoms with Gasteiger partial charge in [-0.2, -0.15) is 5.26 Å². The Labute approximate surface area is 208 Å². The van der Waals surface area contributed by atoms with Gasteiger partial charge in [0.05, 0.1) is 40.8 Å². The summed E-state index contributed by atoms with van der Waals surface area (Å²) in [6, 6.07) is 18.7. The second-order valence-corrected chi connectivity index (χ2v) is 9.42. The van der Waals surface area contributed by atoms with Gasteiger partial charge >= 0.3 is 11.7 Å². The minimum atomic E-state index is -0.935. The lowest BCUT2D eigenvalue weighted by Gasteiger charge is -2.10. The Morgan fingerprint density at radius 3 is 2.56 bits per heavy atom. The fraction of sp³-hybridized carbons (Fsp3) is 0.207. The first kappa shape index (κ1) is 23.2. The smallest absolute Gasteiger partial charge is 0.334 e. The molecule has 5 aromatic rings. The van der Waals surface area contributed by atoms with E-state index in [2.05, 4.69) is 42.8 Å². The number of aryl methyl sites for hydroxylation is 3. The van der Waals surface area contributed by atoms with E-state index in [1.165, 1.54) is 5.56 Å². The van der Waals surface area contributed by atoms with Gasteiger partial charge in [0.25, 0.3) is 0 Å². The fourth-order valence-electron chi connectivity index (χ4n) is 5.10. The lowest BCUT2D eigenvalue weighted by Crippen LogP contribution is -2.24. The van der Waals surface area contributed by atoms with Gasteiger partial charge in [-0.15, -0.1) is 0 Å². The number of nitriles is 1. The van der Waals surface area contributed by atoms with Crippen LogP contribution in [0.2, 0.25) is 0 Å². The summed E-state index contributed by atoms with van der Waals surface area (Å²) in [5, 5.41) is 20.1. The summed E-state index contributed by atoms with van der Waals surface area (Å²) >= 11 is 0. The molecule has 0 saturated heterocycles. The highest BCUT2D eigenvalue weighted by Crippen LogP contribution is 2.28. The van der Waals surface area contributed by atoms with E-state index in [9.17, 15) is 20.0 Å². The number of imidazole rings is 1. The van der Waals surface area contributed by atoms with Crippen molar-refractivity contribution in [2.45, 2.75) is 33.2 Å². The first-order chi connectivity index (χ1) is 17.2. The number of fused-ring (bicyclic) bond motifs is 2. The third-order valence-corrected chi connectivity index (χ3v) is 6.90. The summed E-state index contributed by atoms with van der Waals surface area (Å²) in [6.07, 6.45) is 2.06. The lowest BCUT2D eigenvalue weighted by atomic mass is 10.0. The molecule has 36 heavy (non-hydrogen) atoms. The Bertz CT molecular complexity index is 1780. The Hall–Kier alpha value is -4.57. The molecule has 1 atom stereocenters. The molecule has 0 spiro atoms. The monoisotopic (exact) mass is 478 g/mol. The largest absolute Gasteiger partial charge is 0.481 e. The number of carboxylic acids is 1. The molecule has 3 aromatic carbocycles. The van der Waals surface area contributed by atoms with Crippen LogP contribution in [0.4, 0.5) is 0 Å². The summed E-state index contributed by atoms with van der Waals surface area (Å²) in [6.45, 7) is 6.13. The van der Waals surface area contributed by atoms with E-state index in [4.69, 9.17) is 0 Å². The third-order valence-electron chi connectivity index (χ3n) is 6.90. The molecule has 0 fully saturated rings. The Kier molecular flexibility index (Phi) is 5.52. The predicted molar refractivity (Wildman–Crippen MR) is 140 cm³/mol. The number of hydrogen-bond acceptors (Lipinski definition) is 3. The van der Waals surface area contributed by atoms with Crippen LogP contribution in [-0.4, -0.2) is 24.8 Å². The van der Waals surface area contributed by atoms with Crippen molar-refractivity contribution < 1.29 is 9.90 Å². The number of carbonyl (C=O) groups is 1. The Balaban J connectivity index is 1.75. The van der Waals surface area contributed by atoms with Crippen LogP contribution in [0.25, 0.3) is 27.6 Å². The lowest BCUT2D eigenvalue weighted by molar-refractivity contribution is -0.138. The van der Waals surface area contributed by atoms with Gasteiger partial charge in [-0.3, -0.25) is 13.9 Å². The zero-order valence-corrected chi connectivity index (χ0v) is 20.6. The van der Waals surface area contributed by atoms with Crippen LogP contribution < -0.4 is 5.69 Å². The van der Waals surface area contributed by atoms with Crippen LogP contribution >= 0.6 is 0 Å². The number of hydrogen-bond donors (Lipinski definition) is 1. The molecule has 1 N–H and O–H groups in total. The van der Waals surface area contributed by atoms with Gasteiger partial charge in [0.1, 0.15) is 0 Å². The van der Waals surface area contributed by atoms with Crippen molar-refractivity contribution in [2.24, 2.45) is 7.05 Å². The van der Waals surface area contributed by atoms with Crippen molar-refractivity contribution in [3.05, 3.63) is 99.1 Å². The molecular weight excluding hydrogens is 452 g/mol. The van der Waals surface area contributed by atoms with E-state index in [0.29, 0.717) is 34.4 Å². The minimum absolute atomic E-state index is 0.248. The zero-order valence-electron chi connectivity index (χ0n) is 20.6. The van der Waals surface area contributed by atoms with E-state index in [1.54, 1.807) is 58.5 Å². The number of nitrogens with zero attached hydrogens (tertiary/aromatic N) is 4. The van der Waals surface area contributed by atoms with Gasteiger partial charge in [-0.05, 0) is 79.4 Å². The van der Waals surface area contributed by atoms with E-state index in [1.807, 2.05) is 7.05 Å². The van der Waals surface area contributed by atoms with E-state index < -0.39 is 11.9 Å². The topological polar surface area (TPSA) is 93.0 Å². The van der Waals surface area contributed by atoms with Crippen molar-refractivity contribution in [1.82, 2.24) is 13.7 Å². The van der Waals surface area contributed by atoms with E-state index >= 15 is 0 Å². The molecule has 2 aromatic heterocycles. The van der Waals surface area contributed by atoms with Crippen LogP contribution in [0.15, 0.2) is 65.6 Å². The molecule has 0 aliphatic carbocycles. The normalized spacial score (nSPS) is 12.2. The first-order valence-electron chi connectivity index (χ1n) is 11.7. The summed E-state index contributed by atoms with van der Waals surface area (Å²) < 4.78 is 5.37. The fourth-order valence-corrected chi connectivity index (χ4v) is 5.10. The minimum Gasteiger partial charge on any atom is -0.481 e. The van der Waals surface area contributed by atoms with Crippen molar-refractivity contribution in [3.63, 3.8) is 0 Å². The maximum absolute atomic E-state index is 13.9. The molecule has 0 saturated carbocycles. The highest BCUT2D eigenvalue weighted by molar-refractivity contribution is 5.88. The molecule has 7 nitrogen and oxygen atoms in total. The molecule has 7 heteroatoms. The average molecular weight is 479 g/mol. The van der Waals surface area contributed by atoms with E-state index in [0.717, 1.165) is 22.0 Å². The summed E-state index contributed by atoms with van der Waals surface area (Å²) in [5.74, 6) is -1.65. The highest BCUT2D eigenvalue weighted by atomic mass is 16.4. The van der Waals surface area contributed by atoms with Gasteiger partial charge in [0.15, 0.2) is 0 Å². The second-order valence-electron chi connectivity index (χ2n) is 9.42. The van der Waals surface area contributed by atoms with Gasteiger partial charge in [0, 0.05) is 24.1 Å². The Morgan fingerprint density at radius 1 is 1.06 bits per heavy atom. The molecule has 0 radical (unpaired) electrons. The van der Waals surface area contributed by atoms with Crippen LogP contribution in [0, 0.1) is 25.2 Å². The molecule has 0 unspecified atom stereocenters. The summed E-state index contributed by atoms with van der Waals surface area (Å²) in [5.41, 5.74) is 7.15. The van der Waals surface area contributed by atoms with Crippen LogP contribution in [0.3, 0.4) is 0 Å². The van der Waals surface area contributed by atoms with Gasteiger partial charge in [-0.1, -0.05) is 18.2 Å². The molecular formula is C29H26N4O3. The second kappa shape index (κ2) is 8.58. The summed E-state index contributed by atoms with van der Waals surface area (Å²) in [7, 11) is 2.01. The quantitative estimate of drug-likeness (QED) is 0.384. The number of aliphatic carboxylic acids is 1. The van der Waals surface area contributed by atoms with Crippen LogP contribution in [-0.2, 0) is 18.4 Å². The summed E-state index contributed by atoms with van der Waals surface area (Å²) in [4.78, 5) is 25.5. The average Bonchev–Trinajstić information content (AvgIpc) is 3.31. The molecule has 180 valence electrons. The molecule has 2 heterocycles. The van der Waals surface area contributed by atoms with Crippen molar-refractivity contribution in [2.75, 3.05) is 0 Å². The van der Waals surface area contributed by atoms with Crippen molar-refractivity contribution in [3.8, 4) is 11.8 Å². The van der Waals surface area contributed by atoms with Gasteiger partial charge < -0.3 is 9.67 Å². The standard InChI is InChI=1S/C29H26N4O3/c1-17-10-18(2)27-22(15-31(4)26(27)11-17)16-32-24-9-8-20(14-30)12-25(24)33(29(32)36)23-7-5-6-21(13-23)19(3)28(34)35/h5-13,15,19H,16H2,1-4H3,(H,34,35)/t19-/m1/s1. The maximum Gasteiger partial charge on any atom is 0.334 e. The number of benzene rings is 3. The van der Waals surface area contributed by atoms with Gasteiger partial charge in [0.2, 0.25) is 0 Å². The first-order valence-corrected chi connectivity index (χ1v) is 11.7. The van der Waals surface area contributed by atoms with Crippen molar-refractivity contribution in [1.29, 1.82) is 5.26 Å². The number of rotatable bonds is 5. The van der Waals surface area contributed by atoms with E-state index in [-0.39, 0.29) is 5.69 Å². The molecule has 0 bridgehead atoms. The third kappa shape index (κ3) is 3.68. The van der Waals surface area contributed by atoms with Crippen LogP contribution in [0.5, 0.6) is 0 Å². The zero-order chi connectivity index (χ0) is 25.7. The van der Waals surface area contributed by atoms with Crippen molar-refractivity contribution >= 4 is 27.9 Å². The molecule has 0 amide bonds. The maximum atomic E-state index is 13.9. The molecule has 5 rings (SSSR count). The Morgan fingerprint density at radius 2 is 1.83 bits per heavy atom. The molecule has 0 aliphatic rings.